The molecule has 0 radical (unpaired) electrons. The number of hydrogen-bond acceptors (Lipinski definition) is 7. The zero-order chi connectivity index (χ0) is 17.4. The smallest absolute Gasteiger partial charge is 0.250 e. The molecule has 2 aromatic heterocycles. The summed E-state index contributed by atoms with van der Waals surface area (Å²) in [6, 6.07) is 2.63. The number of nitrogens with two attached hydrogens (primary N) is 1. The Morgan fingerprint density at radius 3 is 2.43 bits per heavy atom. The third-order valence-corrected chi connectivity index (χ3v) is 3.89. The van der Waals surface area contributed by atoms with E-state index in [1.165, 1.54) is 10.7 Å². The molecule has 0 spiro atoms. The second-order valence-corrected chi connectivity index (χ2v) is 7.18. The second kappa shape index (κ2) is 5.95. The summed E-state index contributed by atoms with van der Waals surface area (Å²) in [4.78, 5) is 19.2. The van der Waals surface area contributed by atoms with E-state index in [0.29, 0.717) is 0 Å². The zero-order valence-electron chi connectivity index (χ0n) is 13.2. The molecule has 0 saturated heterocycles. The van der Waals surface area contributed by atoms with Crippen molar-refractivity contribution in [3.05, 3.63) is 23.5 Å². The van der Waals surface area contributed by atoms with E-state index in [9.17, 15) is 13.2 Å². The number of nitrogens with one attached hydrogen (secondary N) is 1. The Bertz CT molecular complexity index is 859. The lowest BCUT2D eigenvalue weighted by atomic mass is 10.3. The van der Waals surface area contributed by atoms with Gasteiger partial charge in [-0.25, -0.2) is 18.1 Å². The number of hydrogen-bond donors (Lipinski definition) is 2. The van der Waals surface area contributed by atoms with E-state index < -0.39 is 21.8 Å². The molecule has 0 aliphatic heterocycles. The van der Waals surface area contributed by atoms with Gasteiger partial charge in [-0.1, -0.05) is 0 Å². The molecule has 9 nitrogen and oxygen atoms in total. The molecule has 1 atom stereocenters. The van der Waals surface area contributed by atoms with Crippen molar-refractivity contribution in [2.24, 2.45) is 5.73 Å². The predicted molar refractivity (Wildman–Crippen MR) is 84.0 cm³/mol. The molecule has 1 unspecified atom stereocenters. The molecule has 0 fully saturated rings. The number of anilines is 1. The van der Waals surface area contributed by atoms with Gasteiger partial charge in [-0.3, -0.25) is 4.79 Å². The van der Waals surface area contributed by atoms with Crippen LogP contribution in [0.4, 0.5) is 5.82 Å². The predicted octanol–water partition coefficient (Wildman–Crippen LogP) is -0.0317. The summed E-state index contributed by atoms with van der Waals surface area (Å²) >= 11 is 0. The Morgan fingerprint density at radius 1 is 1.30 bits per heavy atom. The summed E-state index contributed by atoms with van der Waals surface area (Å²) in [7, 11) is -3.64. The van der Waals surface area contributed by atoms with Gasteiger partial charge in [0.2, 0.25) is 15.7 Å². The van der Waals surface area contributed by atoms with Crippen LogP contribution in [0.5, 0.6) is 0 Å². The lowest BCUT2D eigenvalue weighted by Gasteiger charge is -2.13. The largest absolute Gasteiger partial charge is 0.368 e. The van der Waals surface area contributed by atoms with Gasteiger partial charge in [0.15, 0.2) is 5.82 Å². The highest BCUT2D eigenvalue weighted by atomic mass is 32.2. The van der Waals surface area contributed by atoms with Crippen LogP contribution in [0.15, 0.2) is 17.3 Å². The van der Waals surface area contributed by atoms with Crippen molar-refractivity contribution in [3.8, 4) is 5.82 Å². The maximum atomic E-state index is 11.8. The first-order valence-corrected chi connectivity index (χ1v) is 8.65. The number of nitrogens with zero attached hydrogens (tertiary/aromatic N) is 4. The number of rotatable bonds is 5. The maximum Gasteiger partial charge on any atom is 0.250 e. The fraction of sp³-hybridized carbons (Fsp3) is 0.385. The highest BCUT2D eigenvalue weighted by molar-refractivity contribution is 7.90. The molecule has 23 heavy (non-hydrogen) atoms. The van der Waals surface area contributed by atoms with Crippen molar-refractivity contribution in [2.75, 3.05) is 11.6 Å². The molecule has 0 aliphatic rings. The van der Waals surface area contributed by atoms with Crippen LogP contribution in [-0.4, -0.2) is 46.4 Å². The average Bonchev–Trinajstić information content (AvgIpc) is 2.76. The molecule has 2 aromatic rings. The van der Waals surface area contributed by atoms with E-state index in [0.717, 1.165) is 17.6 Å². The maximum absolute atomic E-state index is 11.8. The normalized spacial score (nSPS) is 12.9. The van der Waals surface area contributed by atoms with E-state index in [4.69, 9.17) is 5.73 Å². The summed E-state index contributed by atoms with van der Waals surface area (Å²) < 4.78 is 25.1. The van der Waals surface area contributed by atoms with Gasteiger partial charge in [-0.2, -0.15) is 10.1 Å². The number of aryl methyl sites for hydroxylation is 2. The Balaban J connectivity index is 2.58. The van der Waals surface area contributed by atoms with Crippen molar-refractivity contribution >= 4 is 21.6 Å². The first-order valence-electron chi connectivity index (χ1n) is 6.76. The summed E-state index contributed by atoms with van der Waals surface area (Å²) in [5.74, 6) is -0.128. The number of primary amides is 1. The molecular formula is C13H18N6O3S. The zero-order valence-corrected chi connectivity index (χ0v) is 14.0. The summed E-state index contributed by atoms with van der Waals surface area (Å²) in [5, 5.41) is 6.67. The average molecular weight is 338 g/mol. The molecule has 2 heterocycles. The van der Waals surface area contributed by atoms with Crippen molar-refractivity contribution in [1.29, 1.82) is 0 Å². The summed E-state index contributed by atoms with van der Waals surface area (Å²) in [5.41, 5.74) is 6.76. The van der Waals surface area contributed by atoms with E-state index in [2.05, 4.69) is 20.4 Å². The van der Waals surface area contributed by atoms with Crippen LogP contribution in [-0.2, 0) is 14.6 Å². The van der Waals surface area contributed by atoms with Gasteiger partial charge in [0.05, 0.1) is 5.69 Å². The lowest BCUT2D eigenvalue weighted by Crippen LogP contribution is -2.33. The van der Waals surface area contributed by atoms with E-state index in [1.807, 2.05) is 19.9 Å². The number of carbonyl (C=O) groups is 1. The standard InChI is InChI=1S/C13H18N6O3S/c1-7-5-8(2)19(18-7)11-6-10(15-9(3)12(14)20)16-13(17-11)23(4,21)22/h5-6,9H,1-4H3,(H2,14,20)(H,15,16,17). The van der Waals surface area contributed by atoms with Crippen LogP contribution < -0.4 is 11.1 Å². The minimum absolute atomic E-state index is 0.175. The minimum Gasteiger partial charge on any atom is -0.368 e. The molecule has 0 aliphatic carbocycles. The molecule has 10 heteroatoms. The topological polar surface area (TPSA) is 133 Å². The summed E-state index contributed by atoms with van der Waals surface area (Å²) in [6.45, 7) is 5.19. The Kier molecular flexibility index (Phi) is 4.37. The van der Waals surface area contributed by atoms with E-state index in [1.54, 1.807) is 6.92 Å². The fourth-order valence-corrected chi connectivity index (χ4v) is 2.44. The highest BCUT2D eigenvalue weighted by Crippen LogP contribution is 2.17. The molecule has 3 N–H and O–H groups in total. The van der Waals surface area contributed by atoms with Gasteiger partial charge in [0, 0.05) is 18.0 Å². The summed E-state index contributed by atoms with van der Waals surface area (Å²) in [6.07, 6.45) is 1.01. The quantitative estimate of drug-likeness (QED) is 0.731. The molecule has 2 rings (SSSR count). The van der Waals surface area contributed by atoms with Gasteiger partial charge >= 0.3 is 0 Å². The van der Waals surface area contributed by atoms with Crippen molar-refractivity contribution in [1.82, 2.24) is 19.7 Å². The Morgan fingerprint density at radius 2 is 1.96 bits per heavy atom. The second-order valence-electron chi connectivity index (χ2n) is 5.27. The van der Waals surface area contributed by atoms with Gasteiger partial charge < -0.3 is 11.1 Å². The van der Waals surface area contributed by atoms with Crippen molar-refractivity contribution in [3.63, 3.8) is 0 Å². The van der Waals surface area contributed by atoms with Crippen molar-refractivity contribution < 1.29 is 13.2 Å². The molecular weight excluding hydrogens is 320 g/mol. The van der Waals surface area contributed by atoms with Crippen LogP contribution in [0, 0.1) is 13.8 Å². The molecule has 124 valence electrons. The monoisotopic (exact) mass is 338 g/mol. The number of carbonyl (C=O) groups excluding carboxylic acids is 1. The van der Waals surface area contributed by atoms with Crippen LogP contribution in [0.3, 0.4) is 0 Å². The number of aromatic nitrogens is 4. The fourth-order valence-electron chi connectivity index (χ4n) is 1.91. The van der Waals surface area contributed by atoms with Crippen LogP contribution >= 0.6 is 0 Å². The molecule has 0 aromatic carbocycles. The van der Waals surface area contributed by atoms with Crippen LogP contribution in [0.25, 0.3) is 5.82 Å². The molecule has 0 bridgehead atoms. The molecule has 0 saturated carbocycles. The van der Waals surface area contributed by atoms with Gasteiger partial charge in [-0.15, -0.1) is 0 Å². The number of sulfone groups is 1. The third-order valence-electron chi connectivity index (χ3n) is 3.04. The van der Waals surface area contributed by atoms with Crippen LogP contribution in [0.2, 0.25) is 0 Å². The van der Waals surface area contributed by atoms with E-state index in [-0.39, 0.29) is 16.8 Å². The Hall–Kier alpha value is -2.49. The molecule has 1 amide bonds. The number of amides is 1. The van der Waals surface area contributed by atoms with E-state index >= 15 is 0 Å². The highest BCUT2D eigenvalue weighted by Gasteiger charge is 2.18. The van der Waals surface area contributed by atoms with Crippen molar-refractivity contribution in [2.45, 2.75) is 32.0 Å². The first kappa shape index (κ1) is 16.9. The minimum atomic E-state index is -3.64. The van der Waals surface area contributed by atoms with Gasteiger partial charge in [0.1, 0.15) is 11.9 Å². The Labute approximate surface area is 133 Å². The first-order chi connectivity index (χ1) is 10.6. The third kappa shape index (κ3) is 3.83. The lowest BCUT2D eigenvalue weighted by molar-refractivity contribution is -0.118. The van der Waals surface area contributed by atoms with Gasteiger partial charge in [0.25, 0.3) is 5.16 Å². The SMILES string of the molecule is Cc1cc(C)n(-c2cc(NC(C)C(N)=O)nc(S(C)(=O)=O)n2)n1. The van der Waals surface area contributed by atoms with Crippen LogP contribution in [0.1, 0.15) is 18.3 Å². The van der Waals surface area contributed by atoms with Gasteiger partial charge in [-0.05, 0) is 26.8 Å².